The molecule has 2 nitrogen and oxygen atoms in total. The summed E-state index contributed by atoms with van der Waals surface area (Å²) in [6, 6.07) is 5.72. The first-order chi connectivity index (χ1) is 19.9. The summed E-state index contributed by atoms with van der Waals surface area (Å²) in [6.07, 6.45) is -16.5. The Kier molecular flexibility index (Phi) is 8.74. The van der Waals surface area contributed by atoms with E-state index >= 15 is 0 Å². The van der Waals surface area contributed by atoms with Crippen LogP contribution in [0.25, 0.3) is 0 Å². The Labute approximate surface area is 236 Å². The summed E-state index contributed by atoms with van der Waals surface area (Å²) < 4.78 is 168. The zero-order valence-corrected chi connectivity index (χ0v) is 21.6. The molecule has 230 valence electrons. The third kappa shape index (κ3) is 7.23. The van der Waals surface area contributed by atoms with E-state index in [9.17, 15) is 52.7 Å². The summed E-state index contributed by atoms with van der Waals surface area (Å²) in [5, 5.41) is 2.12. The summed E-state index contributed by atoms with van der Waals surface area (Å²) in [5.74, 6) is -3.35. The van der Waals surface area contributed by atoms with Gasteiger partial charge in [-0.05, 0) is 59.2 Å². The summed E-state index contributed by atoms with van der Waals surface area (Å²) in [4.78, 5) is 3.96. The van der Waals surface area contributed by atoms with Crippen LogP contribution in [0, 0.1) is 11.6 Å². The van der Waals surface area contributed by atoms with Crippen molar-refractivity contribution in [2.75, 3.05) is 6.54 Å². The average Bonchev–Trinajstić information content (AvgIpc) is 2.90. The molecule has 1 heterocycles. The van der Waals surface area contributed by atoms with E-state index < -0.39 is 88.8 Å². The lowest BCUT2D eigenvalue weighted by Crippen LogP contribution is -2.55. The van der Waals surface area contributed by atoms with E-state index in [1.165, 1.54) is 30.3 Å². The van der Waals surface area contributed by atoms with Gasteiger partial charge in [0.25, 0.3) is 0 Å². The standard InChI is InChI=1S/C29H20F12N2/c30-20-7-9-24(42-15-20)26(14-16-4-2-1-3-5-16,18-11-19(27(33,34)35)13-21(31)12-18)43-25(29(39,40)41)17-6-8-23(32)22(10-17)28(36,37)38/h1-13,20,25,43H,14-15H2/t20?,25?,26-/m0/s1. The molecular weight excluding hydrogens is 604 g/mol. The first-order valence-electron chi connectivity index (χ1n) is 12.4. The van der Waals surface area contributed by atoms with Crippen LogP contribution in [0.5, 0.6) is 0 Å². The van der Waals surface area contributed by atoms with Gasteiger partial charge >= 0.3 is 18.5 Å². The predicted octanol–water partition coefficient (Wildman–Crippen LogP) is 8.68. The maximum absolute atomic E-state index is 14.7. The summed E-state index contributed by atoms with van der Waals surface area (Å²) in [6.45, 7) is -0.656. The minimum atomic E-state index is -5.44. The van der Waals surface area contributed by atoms with Crippen molar-refractivity contribution < 1.29 is 52.7 Å². The number of rotatable bonds is 7. The fourth-order valence-corrected chi connectivity index (χ4v) is 4.76. The summed E-state index contributed by atoms with van der Waals surface area (Å²) >= 11 is 0. The molecule has 0 amide bonds. The molecule has 0 spiro atoms. The van der Waals surface area contributed by atoms with Crippen LogP contribution >= 0.6 is 0 Å². The molecule has 3 aromatic carbocycles. The summed E-state index contributed by atoms with van der Waals surface area (Å²) in [7, 11) is 0. The van der Waals surface area contributed by atoms with Gasteiger partial charge in [-0.1, -0.05) is 36.4 Å². The fraction of sp³-hybridized carbons (Fsp3) is 0.276. The minimum Gasteiger partial charge on any atom is -0.287 e. The predicted molar refractivity (Wildman–Crippen MR) is 133 cm³/mol. The Bertz CT molecular complexity index is 1510. The quantitative estimate of drug-likeness (QED) is 0.262. The largest absolute Gasteiger partial charge is 0.419 e. The second-order valence-electron chi connectivity index (χ2n) is 9.75. The SMILES string of the molecule is Fc1cc(C(F)(F)F)cc([C@](Cc2ccccc2)(NC(c2ccc(F)c(C(F)(F)F)c2)C(F)(F)F)C2=NCC(F)C=C2)c1. The van der Waals surface area contributed by atoms with Crippen LogP contribution in [0.4, 0.5) is 52.7 Å². The van der Waals surface area contributed by atoms with Crippen molar-refractivity contribution >= 4 is 5.71 Å². The van der Waals surface area contributed by atoms with Crippen LogP contribution in [-0.2, 0) is 24.3 Å². The lowest BCUT2D eigenvalue weighted by atomic mass is 9.77. The van der Waals surface area contributed by atoms with Crippen molar-refractivity contribution in [3.8, 4) is 0 Å². The van der Waals surface area contributed by atoms with E-state index in [2.05, 4.69) is 10.3 Å². The van der Waals surface area contributed by atoms with Gasteiger partial charge in [-0.25, -0.2) is 13.2 Å². The zero-order chi connectivity index (χ0) is 31.8. The molecule has 43 heavy (non-hydrogen) atoms. The van der Waals surface area contributed by atoms with Crippen molar-refractivity contribution in [1.29, 1.82) is 0 Å². The molecule has 0 saturated heterocycles. The number of nitrogens with one attached hydrogen (secondary N) is 1. The second-order valence-corrected chi connectivity index (χ2v) is 9.75. The molecule has 14 heteroatoms. The third-order valence-electron chi connectivity index (χ3n) is 6.71. The highest BCUT2D eigenvalue weighted by atomic mass is 19.4. The molecule has 1 aliphatic rings. The van der Waals surface area contributed by atoms with Crippen molar-refractivity contribution in [3.63, 3.8) is 0 Å². The van der Waals surface area contributed by atoms with E-state index in [0.29, 0.717) is 18.2 Å². The molecule has 2 unspecified atom stereocenters. The van der Waals surface area contributed by atoms with E-state index in [-0.39, 0.29) is 23.8 Å². The molecule has 0 fully saturated rings. The van der Waals surface area contributed by atoms with Crippen LogP contribution in [0.2, 0.25) is 0 Å². The zero-order valence-electron chi connectivity index (χ0n) is 21.6. The number of alkyl halides is 10. The Hall–Kier alpha value is -3.81. The van der Waals surface area contributed by atoms with E-state index in [1.54, 1.807) is 0 Å². The molecule has 3 aromatic rings. The Morgan fingerprint density at radius 3 is 2.00 bits per heavy atom. The van der Waals surface area contributed by atoms with Crippen LogP contribution in [0.3, 0.4) is 0 Å². The van der Waals surface area contributed by atoms with Crippen molar-refractivity contribution in [1.82, 2.24) is 5.32 Å². The van der Waals surface area contributed by atoms with Crippen molar-refractivity contribution in [3.05, 3.63) is 118 Å². The second kappa shape index (κ2) is 11.7. The topological polar surface area (TPSA) is 24.4 Å². The molecule has 0 saturated carbocycles. The van der Waals surface area contributed by atoms with Crippen LogP contribution in [0.15, 0.2) is 83.9 Å². The van der Waals surface area contributed by atoms with Gasteiger partial charge < -0.3 is 0 Å². The van der Waals surface area contributed by atoms with Gasteiger partial charge in [-0.15, -0.1) is 0 Å². The molecule has 3 atom stereocenters. The van der Waals surface area contributed by atoms with Gasteiger partial charge in [0.05, 0.1) is 28.9 Å². The normalized spacial score (nSPS) is 18.2. The van der Waals surface area contributed by atoms with Gasteiger partial charge in [0, 0.05) is 6.42 Å². The van der Waals surface area contributed by atoms with E-state index in [0.717, 1.165) is 12.2 Å². The smallest absolute Gasteiger partial charge is 0.287 e. The number of nitrogens with zero attached hydrogens (tertiary/aromatic N) is 1. The molecule has 0 radical (unpaired) electrons. The van der Waals surface area contributed by atoms with Crippen molar-refractivity contribution in [2.45, 2.75) is 42.7 Å². The Morgan fingerprint density at radius 1 is 0.791 bits per heavy atom. The molecule has 0 bridgehead atoms. The first kappa shape index (κ1) is 32.1. The van der Waals surface area contributed by atoms with Gasteiger partial charge in [0.15, 0.2) is 0 Å². The number of hydrogen-bond donors (Lipinski definition) is 1. The average molecular weight is 624 g/mol. The Balaban J connectivity index is 2.04. The highest BCUT2D eigenvalue weighted by Gasteiger charge is 2.50. The van der Waals surface area contributed by atoms with Gasteiger partial charge in [0.1, 0.15) is 23.8 Å². The molecule has 0 aliphatic carbocycles. The summed E-state index contributed by atoms with van der Waals surface area (Å²) in [5.41, 5.74) is -8.25. The van der Waals surface area contributed by atoms with Crippen molar-refractivity contribution in [2.24, 2.45) is 4.99 Å². The monoisotopic (exact) mass is 624 g/mol. The molecule has 1 N–H and O–H groups in total. The first-order valence-corrected chi connectivity index (χ1v) is 12.4. The van der Waals surface area contributed by atoms with Gasteiger partial charge in [-0.3, -0.25) is 10.3 Å². The van der Waals surface area contributed by atoms with E-state index in [1.807, 2.05) is 0 Å². The van der Waals surface area contributed by atoms with Crippen LogP contribution < -0.4 is 5.32 Å². The van der Waals surface area contributed by atoms with Gasteiger partial charge in [0.2, 0.25) is 0 Å². The maximum atomic E-state index is 14.7. The number of halogens is 12. The minimum absolute atomic E-state index is 0.0728. The number of hydrogen-bond acceptors (Lipinski definition) is 2. The van der Waals surface area contributed by atoms with Crippen LogP contribution in [0.1, 0.15) is 33.9 Å². The maximum Gasteiger partial charge on any atom is 0.419 e. The lowest BCUT2D eigenvalue weighted by molar-refractivity contribution is -0.162. The highest BCUT2D eigenvalue weighted by Crippen LogP contribution is 2.43. The third-order valence-corrected chi connectivity index (χ3v) is 6.71. The Morgan fingerprint density at radius 2 is 1.44 bits per heavy atom. The fourth-order valence-electron chi connectivity index (χ4n) is 4.76. The van der Waals surface area contributed by atoms with Gasteiger partial charge in [-0.2, -0.15) is 39.5 Å². The molecule has 1 aliphatic heterocycles. The number of dihydropyridines is 1. The molecule has 0 aromatic heterocycles. The van der Waals surface area contributed by atoms with Crippen LogP contribution in [-0.4, -0.2) is 24.6 Å². The lowest BCUT2D eigenvalue weighted by Gasteiger charge is -2.41. The molecule has 4 rings (SSSR count). The van der Waals surface area contributed by atoms with E-state index in [4.69, 9.17) is 0 Å². The molecular formula is C29H20F12N2. The number of aliphatic imine (C=N–C) groups is 1. The number of benzene rings is 3. The highest BCUT2D eigenvalue weighted by molar-refractivity contribution is 6.04.